The van der Waals surface area contributed by atoms with E-state index in [1.54, 1.807) is 24.5 Å². The smallest absolute Gasteiger partial charge is 0.251 e. The van der Waals surface area contributed by atoms with E-state index < -0.39 is 0 Å². The Kier molecular flexibility index (Phi) is 2.99. The Morgan fingerprint density at radius 1 is 1.40 bits per heavy atom. The van der Waals surface area contributed by atoms with Gasteiger partial charge in [-0.05, 0) is 37.3 Å². The van der Waals surface area contributed by atoms with E-state index in [1.807, 2.05) is 0 Å². The van der Waals surface area contributed by atoms with Crippen LogP contribution in [0.1, 0.15) is 36.5 Å². The second-order valence-electron chi connectivity index (χ2n) is 4.32. The van der Waals surface area contributed by atoms with Gasteiger partial charge in [-0.2, -0.15) is 0 Å². The zero-order valence-corrected chi connectivity index (χ0v) is 8.94. The maximum absolute atomic E-state index is 11.8. The van der Waals surface area contributed by atoms with Crippen molar-refractivity contribution in [3.63, 3.8) is 0 Å². The highest BCUT2D eigenvalue weighted by Gasteiger charge is 2.22. The highest BCUT2D eigenvalue weighted by Crippen LogP contribution is 2.24. The van der Waals surface area contributed by atoms with Crippen molar-refractivity contribution in [3.05, 3.63) is 30.1 Å². The molecule has 3 nitrogen and oxygen atoms in total. The second-order valence-corrected chi connectivity index (χ2v) is 4.32. The van der Waals surface area contributed by atoms with Crippen LogP contribution >= 0.6 is 0 Å². The van der Waals surface area contributed by atoms with Crippen LogP contribution in [0.3, 0.4) is 0 Å². The zero-order chi connectivity index (χ0) is 10.7. The van der Waals surface area contributed by atoms with E-state index >= 15 is 0 Å². The Bertz CT molecular complexity index is 337. The van der Waals surface area contributed by atoms with Gasteiger partial charge in [0.2, 0.25) is 0 Å². The van der Waals surface area contributed by atoms with Gasteiger partial charge in [0, 0.05) is 24.0 Å². The van der Waals surface area contributed by atoms with Crippen molar-refractivity contribution in [2.75, 3.05) is 0 Å². The molecule has 2 rings (SSSR count). The number of pyridine rings is 1. The van der Waals surface area contributed by atoms with Gasteiger partial charge >= 0.3 is 0 Å². The van der Waals surface area contributed by atoms with Crippen molar-refractivity contribution in [1.29, 1.82) is 0 Å². The second kappa shape index (κ2) is 4.43. The number of carbonyl (C=O) groups is 1. The molecule has 1 heterocycles. The standard InChI is InChI=1S/C12H16N2O/c1-9-2-3-11(8-9)14-12(15)10-4-6-13-7-5-10/h4-7,9,11H,2-3,8H2,1H3,(H,14,15). The Morgan fingerprint density at radius 2 is 2.13 bits per heavy atom. The normalized spacial score (nSPS) is 25.1. The molecule has 15 heavy (non-hydrogen) atoms. The molecule has 0 aromatic carbocycles. The third kappa shape index (κ3) is 2.55. The third-order valence-electron chi connectivity index (χ3n) is 2.97. The lowest BCUT2D eigenvalue weighted by molar-refractivity contribution is 0.0937. The molecule has 0 saturated heterocycles. The molecule has 0 spiro atoms. The molecule has 3 heteroatoms. The highest BCUT2D eigenvalue weighted by atomic mass is 16.1. The van der Waals surface area contributed by atoms with E-state index in [9.17, 15) is 4.79 Å². The summed E-state index contributed by atoms with van der Waals surface area (Å²) >= 11 is 0. The summed E-state index contributed by atoms with van der Waals surface area (Å²) in [6, 6.07) is 3.85. The average molecular weight is 204 g/mol. The maximum Gasteiger partial charge on any atom is 0.251 e. The highest BCUT2D eigenvalue weighted by molar-refractivity contribution is 5.94. The summed E-state index contributed by atoms with van der Waals surface area (Å²) in [6.45, 7) is 2.23. The maximum atomic E-state index is 11.8. The number of rotatable bonds is 2. The number of hydrogen-bond donors (Lipinski definition) is 1. The molecular formula is C12H16N2O. The van der Waals surface area contributed by atoms with Crippen LogP contribution in [0.5, 0.6) is 0 Å². The molecule has 1 aliphatic carbocycles. The Labute approximate surface area is 89.9 Å². The summed E-state index contributed by atoms with van der Waals surface area (Å²) in [5.74, 6) is 0.768. The number of nitrogens with one attached hydrogen (secondary N) is 1. The van der Waals surface area contributed by atoms with Crippen LogP contribution in [0.4, 0.5) is 0 Å². The quantitative estimate of drug-likeness (QED) is 0.800. The summed E-state index contributed by atoms with van der Waals surface area (Å²) in [5.41, 5.74) is 0.699. The fraction of sp³-hybridized carbons (Fsp3) is 0.500. The van der Waals surface area contributed by atoms with Gasteiger partial charge in [-0.3, -0.25) is 9.78 Å². The molecule has 2 unspecified atom stereocenters. The largest absolute Gasteiger partial charge is 0.349 e. The van der Waals surface area contributed by atoms with E-state index in [0.717, 1.165) is 18.8 Å². The first kappa shape index (κ1) is 10.1. The van der Waals surface area contributed by atoms with Gasteiger partial charge in [0.05, 0.1) is 0 Å². The first-order valence-electron chi connectivity index (χ1n) is 5.46. The van der Waals surface area contributed by atoms with Gasteiger partial charge in [0.1, 0.15) is 0 Å². The first-order chi connectivity index (χ1) is 7.25. The predicted molar refractivity (Wildman–Crippen MR) is 58.5 cm³/mol. The summed E-state index contributed by atoms with van der Waals surface area (Å²) in [4.78, 5) is 15.7. The molecule has 1 aromatic rings. The van der Waals surface area contributed by atoms with Crippen LogP contribution in [-0.4, -0.2) is 16.9 Å². The molecule has 0 bridgehead atoms. The molecule has 1 N–H and O–H groups in total. The molecule has 1 fully saturated rings. The van der Waals surface area contributed by atoms with Crippen molar-refractivity contribution in [2.45, 2.75) is 32.2 Å². The van der Waals surface area contributed by atoms with Crippen LogP contribution in [0.25, 0.3) is 0 Å². The van der Waals surface area contributed by atoms with Crippen LogP contribution in [0.2, 0.25) is 0 Å². The molecular weight excluding hydrogens is 188 g/mol. The van der Waals surface area contributed by atoms with Crippen molar-refractivity contribution in [2.24, 2.45) is 5.92 Å². The van der Waals surface area contributed by atoms with Crippen molar-refractivity contribution in [1.82, 2.24) is 10.3 Å². The van der Waals surface area contributed by atoms with Crippen LogP contribution in [0, 0.1) is 5.92 Å². The Balaban J connectivity index is 1.93. The van der Waals surface area contributed by atoms with Crippen LogP contribution in [0.15, 0.2) is 24.5 Å². The minimum absolute atomic E-state index is 0.0245. The molecule has 80 valence electrons. The monoisotopic (exact) mass is 204 g/mol. The fourth-order valence-electron chi connectivity index (χ4n) is 2.11. The predicted octanol–water partition coefficient (Wildman–Crippen LogP) is 2.00. The van der Waals surface area contributed by atoms with Gasteiger partial charge in [0.25, 0.3) is 5.91 Å². The first-order valence-corrected chi connectivity index (χ1v) is 5.46. The molecule has 0 radical (unpaired) electrons. The van der Waals surface area contributed by atoms with Gasteiger partial charge in [-0.25, -0.2) is 0 Å². The molecule has 1 aromatic heterocycles. The summed E-state index contributed by atoms with van der Waals surface area (Å²) in [5, 5.41) is 3.06. The molecule has 1 saturated carbocycles. The molecule has 1 aliphatic rings. The minimum atomic E-state index is 0.0245. The molecule has 2 atom stereocenters. The van der Waals surface area contributed by atoms with Gasteiger partial charge < -0.3 is 5.32 Å². The number of carbonyl (C=O) groups excluding carboxylic acids is 1. The number of aromatic nitrogens is 1. The van der Waals surface area contributed by atoms with E-state index in [0.29, 0.717) is 11.6 Å². The van der Waals surface area contributed by atoms with Crippen molar-refractivity contribution >= 4 is 5.91 Å². The van der Waals surface area contributed by atoms with E-state index in [2.05, 4.69) is 17.2 Å². The number of nitrogens with zero attached hydrogens (tertiary/aromatic N) is 1. The van der Waals surface area contributed by atoms with Crippen LogP contribution < -0.4 is 5.32 Å². The summed E-state index contributed by atoms with van der Waals surface area (Å²) in [7, 11) is 0. The summed E-state index contributed by atoms with van der Waals surface area (Å²) in [6.07, 6.45) is 6.73. The van der Waals surface area contributed by atoms with E-state index in [1.165, 1.54) is 6.42 Å². The van der Waals surface area contributed by atoms with Crippen molar-refractivity contribution < 1.29 is 4.79 Å². The Morgan fingerprint density at radius 3 is 2.73 bits per heavy atom. The lowest BCUT2D eigenvalue weighted by atomic mass is 10.1. The number of amides is 1. The minimum Gasteiger partial charge on any atom is -0.349 e. The third-order valence-corrected chi connectivity index (χ3v) is 2.97. The molecule has 0 aliphatic heterocycles. The average Bonchev–Trinajstić information content (AvgIpc) is 2.65. The van der Waals surface area contributed by atoms with Gasteiger partial charge in [0.15, 0.2) is 0 Å². The van der Waals surface area contributed by atoms with Crippen molar-refractivity contribution in [3.8, 4) is 0 Å². The lowest BCUT2D eigenvalue weighted by Gasteiger charge is -2.12. The SMILES string of the molecule is CC1CCC(NC(=O)c2ccncc2)C1. The van der Waals surface area contributed by atoms with Crippen LogP contribution in [-0.2, 0) is 0 Å². The van der Waals surface area contributed by atoms with E-state index in [-0.39, 0.29) is 5.91 Å². The fourth-order valence-corrected chi connectivity index (χ4v) is 2.11. The topological polar surface area (TPSA) is 42.0 Å². The Hall–Kier alpha value is -1.38. The van der Waals surface area contributed by atoms with Gasteiger partial charge in [-0.1, -0.05) is 6.92 Å². The molecule has 1 amide bonds. The summed E-state index contributed by atoms with van der Waals surface area (Å²) < 4.78 is 0. The number of hydrogen-bond acceptors (Lipinski definition) is 2. The lowest BCUT2D eigenvalue weighted by Crippen LogP contribution is -2.32. The van der Waals surface area contributed by atoms with Gasteiger partial charge in [-0.15, -0.1) is 0 Å². The van der Waals surface area contributed by atoms with E-state index in [4.69, 9.17) is 0 Å². The zero-order valence-electron chi connectivity index (χ0n) is 8.94.